The quantitative estimate of drug-likeness (QED) is 0.259. The molecular formula is C36H45BClN3O4. The zero-order valence-corrected chi connectivity index (χ0v) is 27.8. The SMILES string of the molecule is CC(C)C[C@@H](B1O[C@@H]2C[C@@H]3C[C@@H](C3(C)C)[C@]2(C)O1)N1OC(Cc2ccc(Cl)cc2)CC1CNC(=O)c1nccc2ccccc12. The minimum atomic E-state index is -0.398. The Bertz CT molecular complexity index is 1550. The van der Waals surface area contributed by atoms with Gasteiger partial charge in [0.05, 0.1) is 29.8 Å². The fourth-order valence-corrected chi connectivity index (χ4v) is 8.84. The molecule has 9 heteroatoms. The Morgan fingerprint density at radius 1 is 1.09 bits per heavy atom. The van der Waals surface area contributed by atoms with Gasteiger partial charge in [-0.1, -0.05) is 75.7 Å². The first kappa shape index (κ1) is 31.1. The standard InChI is InChI=1S/C36H45BClN3O4/c1-22(2)16-32(37-43-31-19-25-18-30(35(25,3)4)36(31,5)45-37)41-27(20-28(44-41)17-23-10-12-26(38)13-11-23)21-40-34(42)33-29-9-7-6-8-24(29)14-15-39-33/h6-15,22,25,27-28,30-32H,16-21H2,1-5H3,(H,40,42)/t25-,27?,28?,30-,31+,32-,36-/m0/s1. The first-order valence-corrected chi connectivity index (χ1v) is 17.1. The molecule has 3 heterocycles. The molecule has 3 aliphatic carbocycles. The first-order chi connectivity index (χ1) is 21.5. The van der Waals surface area contributed by atoms with Crippen molar-refractivity contribution in [3.63, 3.8) is 0 Å². The number of benzene rings is 2. The lowest BCUT2D eigenvalue weighted by atomic mass is 9.43. The zero-order chi connectivity index (χ0) is 31.5. The zero-order valence-electron chi connectivity index (χ0n) is 27.0. The summed E-state index contributed by atoms with van der Waals surface area (Å²) in [6, 6.07) is 17.7. The van der Waals surface area contributed by atoms with Crippen molar-refractivity contribution in [3.8, 4) is 0 Å². The van der Waals surface area contributed by atoms with Gasteiger partial charge in [0.25, 0.3) is 5.91 Å². The predicted molar refractivity (Wildman–Crippen MR) is 178 cm³/mol. The molecule has 45 heavy (non-hydrogen) atoms. The molecule has 8 rings (SSSR count). The maximum Gasteiger partial charge on any atom is 0.478 e. The average molecular weight is 630 g/mol. The summed E-state index contributed by atoms with van der Waals surface area (Å²) in [6.45, 7) is 12.0. The third-order valence-corrected chi connectivity index (χ3v) is 11.5. The van der Waals surface area contributed by atoms with Crippen LogP contribution in [0.1, 0.15) is 76.4 Å². The third kappa shape index (κ3) is 5.71. The fourth-order valence-electron chi connectivity index (χ4n) is 8.71. The van der Waals surface area contributed by atoms with Crippen LogP contribution in [0.5, 0.6) is 0 Å². The van der Waals surface area contributed by atoms with Crippen molar-refractivity contribution in [3.05, 3.63) is 77.1 Å². The van der Waals surface area contributed by atoms with E-state index < -0.39 is 7.12 Å². The van der Waals surface area contributed by atoms with Gasteiger partial charge in [-0.25, -0.2) is 0 Å². The first-order valence-electron chi connectivity index (χ1n) is 16.7. The van der Waals surface area contributed by atoms with Crippen LogP contribution in [-0.4, -0.2) is 59.4 Å². The number of carbonyl (C=O) groups excluding carboxylic acids is 1. The Kier molecular flexibility index (Phi) is 8.27. The molecule has 2 aliphatic heterocycles. The predicted octanol–water partition coefficient (Wildman–Crippen LogP) is 6.92. The molecule has 3 saturated carbocycles. The van der Waals surface area contributed by atoms with Gasteiger partial charge >= 0.3 is 7.12 Å². The lowest BCUT2D eigenvalue weighted by molar-refractivity contribution is -0.200. The minimum Gasteiger partial charge on any atom is -0.404 e. The van der Waals surface area contributed by atoms with Crippen LogP contribution in [0.3, 0.4) is 0 Å². The molecular weight excluding hydrogens is 585 g/mol. The number of fused-ring (bicyclic) bond motifs is 1. The average Bonchev–Trinajstić information content (AvgIpc) is 3.59. The summed E-state index contributed by atoms with van der Waals surface area (Å²) in [5.41, 5.74) is 1.58. The summed E-state index contributed by atoms with van der Waals surface area (Å²) in [5, 5.41) is 7.90. The molecule has 1 aromatic heterocycles. The van der Waals surface area contributed by atoms with Crippen LogP contribution in [-0.2, 0) is 20.6 Å². The molecule has 5 fully saturated rings. The van der Waals surface area contributed by atoms with E-state index in [1.54, 1.807) is 6.20 Å². The highest BCUT2D eigenvalue weighted by Crippen LogP contribution is 2.66. The van der Waals surface area contributed by atoms with E-state index in [0.717, 1.165) is 41.5 Å². The van der Waals surface area contributed by atoms with Crippen LogP contribution in [0.4, 0.5) is 0 Å². The van der Waals surface area contributed by atoms with E-state index in [-0.39, 0.29) is 41.1 Å². The van der Waals surface area contributed by atoms with Gasteiger partial charge in [0, 0.05) is 29.6 Å². The second-order valence-corrected chi connectivity index (χ2v) is 15.4. The van der Waals surface area contributed by atoms with Gasteiger partial charge in [0.2, 0.25) is 0 Å². The van der Waals surface area contributed by atoms with E-state index in [0.29, 0.717) is 30.0 Å². The summed E-state index contributed by atoms with van der Waals surface area (Å²) < 4.78 is 13.9. The number of hydroxylamine groups is 2. The highest BCUT2D eigenvalue weighted by Gasteiger charge is 2.69. The minimum absolute atomic E-state index is 0.0515. The van der Waals surface area contributed by atoms with E-state index in [1.807, 2.05) is 42.5 Å². The summed E-state index contributed by atoms with van der Waals surface area (Å²) >= 11 is 6.18. The Labute approximate surface area is 272 Å². The largest absolute Gasteiger partial charge is 0.478 e. The van der Waals surface area contributed by atoms with Gasteiger partial charge in [0.1, 0.15) is 5.69 Å². The van der Waals surface area contributed by atoms with Crippen molar-refractivity contribution in [2.45, 2.75) is 96.5 Å². The Hall–Kier alpha value is -2.49. The topological polar surface area (TPSA) is 72.9 Å². The molecule has 238 valence electrons. The molecule has 1 N–H and O–H groups in total. The van der Waals surface area contributed by atoms with Crippen molar-refractivity contribution in [2.75, 3.05) is 6.54 Å². The fraction of sp³-hybridized carbons (Fsp3) is 0.556. The maximum absolute atomic E-state index is 13.5. The molecule has 0 radical (unpaired) electrons. The van der Waals surface area contributed by atoms with E-state index in [4.69, 9.17) is 25.7 Å². The number of rotatable bonds is 9. The number of aromatic nitrogens is 1. The molecule has 5 aliphatic rings. The summed E-state index contributed by atoms with van der Waals surface area (Å²) in [7, 11) is -0.398. The van der Waals surface area contributed by atoms with E-state index in [9.17, 15) is 4.79 Å². The summed E-state index contributed by atoms with van der Waals surface area (Å²) in [5.74, 6) is 1.28. The lowest BCUT2D eigenvalue weighted by Gasteiger charge is -2.64. The van der Waals surface area contributed by atoms with Gasteiger partial charge < -0.3 is 14.6 Å². The van der Waals surface area contributed by atoms with Gasteiger partial charge in [-0.15, -0.1) is 0 Å². The number of halogens is 1. The normalized spacial score (nSPS) is 31.2. The van der Waals surface area contributed by atoms with Crippen molar-refractivity contribution < 1.29 is 18.9 Å². The van der Waals surface area contributed by atoms with Crippen LogP contribution in [0, 0.1) is 23.2 Å². The number of nitrogens with one attached hydrogen (secondary N) is 1. The summed E-state index contributed by atoms with van der Waals surface area (Å²) in [4.78, 5) is 24.8. The second-order valence-electron chi connectivity index (χ2n) is 14.9. The van der Waals surface area contributed by atoms with Crippen molar-refractivity contribution in [1.82, 2.24) is 15.4 Å². The van der Waals surface area contributed by atoms with Gasteiger partial charge in [-0.05, 0) is 84.9 Å². The highest BCUT2D eigenvalue weighted by molar-refractivity contribution is 6.47. The van der Waals surface area contributed by atoms with E-state index in [2.05, 4.69) is 62.1 Å². The molecule has 0 spiro atoms. The Morgan fingerprint density at radius 3 is 2.62 bits per heavy atom. The highest BCUT2D eigenvalue weighted by atomic mass is 35.5. The Balaban J connectivity index is 1.14. The molecule has 1 amide bonds. The number of nitrogens with zero attached hydrogens (tertiary/aromatic N) is 2. The number of hydrogen-bond donors (Lipinski definition) is 1. The molecule has 2 bridgehead atoms. The van der Waals surface area contributed by atoms with E-state index >= 15 is 0 Å². The summed E-state index contributed by atoms with van der Waals surface area (Å²) in [6.07, 6.45) is 6.38. The molecule has 3 aromatic rings. The van der Waals surface area contributed by atoms with Gasteiger partial charge in [0.15, 0.2) is 0 Å². The van der Waals surface area contributed by atoms with Gasteiger partial charge in [-0.2, -0.15) is 5.06 Å². The van der Waals surface area contributed by atoms with Crippen molar-refractivity contribution in [2.24, 2.45) is 23.2 Å². The van der Waals surface area contributed by atoms with Gasteiger partial charge in [-0.3, -0.25) is 14.6 Å². The van der Waals surface area contributed by atoms with Crippen molar-refractivity contribution >= 4 is 35.4 Å². The molecule has 2 unspecified atom stereocenters. The van der Waals surface area contributed by atoms with Crippen LogP contribution in [0.2, 0.25) is 5.02 Å². The monoisotopic (exact) mass is 629 g/mol. The van der Waals surface area contributed by atoms with Crippen molar-refractivity contribution in [1.29, 1.82) is 0 Å². The maximum atomic E-state index is 13.5. The van der Waals surface area contributed by atoms with Crippen LogP contribution in [0.15, 0.2) is 60.8 Å². The van der Waals surface area contributed by atoms with Crippen LogP contribution in [0.25, 0.3) is 10.8 Å². The lowest BCUT2D eigenvalue weighted by Crippen LogP contribution is -2.65. The molecule has 2 saturated heterocycles. The third-order valence-electron chi connectivity index (χ3n) is 11.3. The number of pyridine rings is 1. The molecule has 2 aromatic carbocycles. The smallest absolute Gasteiger partial charge is 0.404 e. The second kappa shape index (κ2) is 12.0. The molecule has 7 nitrogen and oxygen atoms in total. The van der Waals surface area contributed by atoms with E-state index in [1.165, 1.54) is 12.0 Å². The van der Waals surface area contributed by atoms with Crippen LogP contribution < -0.4 is 5.32 Å². The number of amides is 1. The van der Waals surface area contributed by atoms with Crippen LogP contribution >= 0.6 is 11.6 Å². The Morgan fingerprint density at radius 2 is 1.87 bits per heavy atom. The number of carbonyl (C=O) groups is 1. The number of hydrogen-bond acceptors (Lipinski definition) is 6. The molecule has 7 atom stereocenters.